The number of aliphatic hydroxyl groups excluding tert-OH is 1. The van der Waals surface area contributed by atoms with Crippen LogP contribution < -0.4 is 4.74 Å². The number of rotatable bonds is 7. The average molecular weight is 558 g/mol. The van der Waals surface area contributed by atoms with Crippen molar-refractivity contribution < 1.29 is 23.8 Å². The van der Waals surface area contributed by atoms with Gasteiger partial charge in [0.2, 0.25) is 0 Å². The molecule has 1 fully saturated rings. The number of benzene rings is 3. The summed E-state index contributed by atoms with van der Waals surface area (Å²) in [6, 6.07) is 24.9. The van der Waals surface area contributed by atoms with Crippen LogP contribution in [-0.2, 0) is 22.7 Å². The van der Waals surface area contributed by atoms with Gasteiger partial charge in [0.15, 0.2) is 0 Å². The van der Waals surface area contributed by atoms with Crippen molar-refractivity contribution in [2.45, 2.75) is 26.1 Å². The number of amides is 1. The molecule has 3 aromatic carbocycles. The van der Waals surface area contributed by atoms with Crippen molar-refractivity contribution in [3.8, 4) is 5.75 Å². The number of Topliss-reactive ketones (excluding diaryl/α,β-unsaturated/α-hetero) is 1. The van der Waals surface area contributed by atoms with Gasteiger partial charge in [-0.2, -0.15) is 0 Å². The van der Waals surface area contributed by atoms with Gasteiger partial charge in [-0.1, -0.05) is 57.9 Å². The number of ether oxygens (including phenoxy) is 1. The van der Waals surface area contributed by atoms with Crippen molar-refractivity contribution >= 4 is 33.4 Å². The van der Waals surface area contributed by atoms with E-state index >= 15 is 0 Å². The number of ketones is 1. The molecule has 7 heteroatoms. The van der Waals surface area contributed by atoms with Crippen LogP contribution in [0.25, 0.3) is 5.76 Å². The Balaban J connectivity index is 1.47. The van der Waals surface area contributed by atoms with E-state index in [9.17, 15) is 14.7 Å². The normalized spacial score (nSPS) is 16.8. The van der Waals surface area contributed by atoms with Gasteiger partial charge in [0.1, 0.15) is 23.9 Å². The SMILES string of the molecule is Cc1cccc(COc2ccc(C(O)=C3C(=O)C(=O)N(Cc4ccco4)C3c3cccc(Br)c3)cc2)c1. The summed E-state index contributed by atoms with van der Waals surface area (Å²) in [5.74, 6) is -0.512. The van der Waals surface area contributed by atoms with Crippen LogP contribution in [0.3, 0.4) is 0 Å². The van der Waals surface area contributed by atoms with Crippen LogP contribution in [0.15, 0.2) is 106 Å². The molecule has 1 saturated heterocycles. The van der Waals surface area contributed by atoms with Gasteiger partial charge < -0.3 is 19.2 Å². The molecule has 1 unspecified atom stereocenters. The lowest BCUT2D eigenvalue weighted by Gasteiger charge is -2.24. The Hall–Kier alpha value is -4.10. The van der Waals surface area contributed by atoms with Gasteiger partial charge in [-0.25, -0.2) is 0 Å². The number of carbonyl (C=O) groups excluding carboxylic acids is 2. The first-order chi connectivity index (χ1) is 17.9. The number of furan rings is 1. The van der Waals surface area contributed by atoms with E-state index in [1.807, 2.05) is 49.4 Å². The van der Waals surface area contributed by atoms with E-state index in [-0.39, 0.29) is 17.9 Å². The molecule has 0 aliphatic carbocycles. The minimum Gasteiger partial charge on any atom is -0.507 e. The highest BCUT2D eigenvalue weighted by atomic mass is 79.9. The first-order valence-electron chi connectivity index (χ1n) is 11.8. The monoisotopic (exact) mass is 557 g/mol. The zero-order valence-electron chi connectivity index (χ0n) is 20.1. The molecule has 1 N–H and O–H groups in total. The van der Waals surface area contributed by atoms with E-state index in [2.05, 4.69) is 22.0 Å². The van der Waals surface area contributed by atoms with E-state index in [0.717, 1.165) is 15.6 Å². The Morgan fingerprint density at radius 1 is 1.00 bits per heavy atom. The molecule has 186 valence electrons. The van der Waals surface area contributed by atoms with Gasteiger partial charge in [-0.05, 0) is 66.6 Å². The second kappa shape index (κ2) is 10.5. The highest BCUT2D eigenvalue weighted by Crippen LogP contribution is 2.41. The van der Waals surface area contributed by atoms with Crippen molar-refractivity contribution in [2.75, 3.05) is 0 Å². The molecule has 0 radical (unpaired) electrons. The lowest BCUT2D eigenvalue weighted by atomic mass is 9.95. The molecule has 1 amide bonds. The second-order valence-corrected chi connectivity index (χ2v) is 9.78. The lowest BCUT2D eigenvalue weighted by molar-refractivity contribution is -0.140. The molecule has 2 heterocycles. The Morgan fingerprint density at radius 2 is 1.78 bits per heavy atom. The van der Waals surface area contributed by atoms with Crippen LogP contribution in [0.2, 0.25) is 0 Å². The van der Waals surface area contributed by atoms with Gasteiger partial charge in [0.25, 0.3) is 11.7 Å². The summed E-state index contributed by atoms with van der Waals surface area (Å²) in [5.41, 5.74) is 3.35. The molecule has 6 nitrogen and oxygen atoms in total. The van der Waals surface area contributed by atoms with Crippen molar-refractivity contribution in [3.05, 3.63) is 129 Å². The van der Waals surface area contributed by atoms with E-state index in [1.54, 1.807) is 36.4 Å². The number of hydrogen-bond donors (Lipinski definition) is 1. The molecule has 0 bridgehead atoms. The number of aliphatic hydroxyl groups is 1. The quantitative estimate of drug-likeness (QED) is 0.158. The van der Waals surface area contributed by atoms with Crippen LogP contribution in [0.4, 0.5) is 0 Å². The zero-order valence-corrected chi connectivity index (χ0v) is 21.6. The summed E-state index contributed by atoms with van der Waals surface area (Å²) in [6.07, 6.45) is 1.52. The van der Waals surface area contributed by atoms with Crippen molar-refractivity contribution in [1.29, 1.82) is 0 Å². The van der Waals surface area contributed by atoms with E-state index in [1.165, 1.54) is 11.2 Å². The van der Waals surface area contributed by atoms with E-state index in [0.29, 0.717) is 29.2 Å². The van der Waals surface area contributed by atoms with Crippen molar-refractivity contribution in [1.82, 2.24) is 4.90 Å². The summed E-state index contributed by atoms with van der Waals surface area (Å²) in [4.78, 5) is 27.7. The van der Waals surface area contributed by atoms with Gasteiger partial charge >= 0.3 is 0 Å². The number of halogens is 1. The third-order valence-electron chi connectivity index (χ3n) is 6.23. The predicted molar refractivity (Wildman–Crippen MR) is 143 cm³/mol. The number of hydrogen-bond acceptors (Lipinski definition) is 5. The van der Waals surface area contributed by atoms with Gasteiger partial charge in [0.05, 0.1) is 24.4 Å². The van der Waals surface area contributed by atoms with Gasteiger partial charge in [-0.3, -0.25) is 9.59 Å². The predicted octanol–water partition coefficient (Wildman–Crippen LogP) is 6.55. The minimum atomic E-state index is -0.778. The summed E-state index contributed by atoms with van der Waals surface area (Å²) in [7, 11) is 0. The maximum Gasteiger partial charge on any atom is 0.296 e. The highest BCUT2D eigenvalue weighted by molar-refractivity contribution is 9.10. The topological polar surface area (TPSA) is 80.0 Å². The molecule has 0 saturated carbocycles. The van der Waals surface area contributed by atoms with Crippen LogP contribution in [0.1, 0.15) is 34.1 Å². The number of carbonyl (C=O) groups is 2. The minimum absolute atomic E-state index is 0.0306. The highest BCUT2D eigenvalue weighted by Gasteiger charge is 2.46. The van der Waals surface area contributed by atoms with Gasteiger partial charge in [0, 0.05) is 10.0 Å². The van der Waals surface area contributed by atoms with Crippen LogP contribution in [0, 0.1) is 6.92 Å². The molecule has 1 aliphatic heterocycles. The first-order valence-corrected chi connectivity index (χ1v) is 12.5. The third kappa shape index (κ3) is 5.22. The van der Waals surface area contributed by atoms with E-state index in [4.69, 9.17) is 9.15 Å². The summed E-state index contributed by atoms with van der Waals surface area (Å²) in [5, 5.41) is 11.3. The smallest absolute Gasteiger partial charge is 0.296 e. The summed E-state index contributed by atoms with van der Waals surface area (Å²) in [6.45, 7) is 2.53. The maximum atomic E-state index is 13.2. The Bertz CT molecular complexity index is 1470. The molecule has 4 aromatic rings. The fourth-order valence-corrected chi connectivity index (χ4v) is 4.89. The average Bonchev–Trinajstić information content (AvgIpc) is 3.50. The second-order valence-electron chi connectivity index (χ2n) is 8.86. The summed E-state index contributed by atoms with van der Waals surface area (Å²) < 4.78 is 12.1. The molecule has 37 heavy (non-hydrogen) atoms. The van der Waals surface area contributed by atoms with E-state index < -0.39 is 17.7 Å². The molecular formula is C30H24BrNO5. The maximum absolute atomic E-state index is 13.2. The zero-order chi connectivity index (χ0) is 25.9. The molecule has 1 aromatic heterocycles. The fourth-order valence-electron chi connectivity index (χ4n) is 4.47. The largest absolute Gasteiger partial charge is 0.507 e. The number of aryl methyl sites for hydroxylation is 1. The Kier molecular flexibility index (Phi) is 6.97. The number of nitrogens with zero attached hydrogens (tertiary/aromatic N) is 1. The molecular weight excluding hydrogens is 534 g/mol. The third-order valence-corrected chi connectivity index (χ3v) is 6.72. The first kappa shape index (κ1) is 24.6. The van der Waals surface area contributed by atoms with Crippen molar-refractivity contribution in [2.24, 2.45) is 0 Å². The standard InChI is InChI=1S/C30H24BrNO5/c1-19-5-2-6-20(15-19)18-37-24-12-10-21(11-13-24)28(33)26-27(22-7-3-8-23(31)16-22)32(30(35)29(26)34)17-25-9-4-14-36-25/h2-16,27,33H,17-18H2,1H3. The molecule has 1 aliphatic rings. The fraction of sp³-hybridized carbons (Fsp3) is 0.133. The summed E-state index contributed by atoms with van der Waals surface area (Å²) >= 11 is 3.47. The number of likely N-dealkylation sites (tertiary alicyclic amines) is 1. The van der Waals surface area contributed by atoms with Gasteiger partial charge in [-0.15, -0.1) is 0 Å². The Morgan fingerprint density at radius 3 is 2.49 bits per heavy atom. The Labute approximate surface area is 222 Å². The van der Waals surface area contributed by atoms with Crippen molar-refractivity contribution in [3.63, 3.8) is 0 Å². The molecule has 1 atom stereocenters. The lowest BCUT2D eigenvalue weighted by Crippen LogP contribution is -2.29. The van der Waals surface area contributed by atoms with Crippen LogP contribution in [-0.4, -0.2) is 21.7 Å². The van der Waals surface area contributed by atoms with Crippen LogP contribution >= 0.6 is 15.9 Å². The van der Waals surface area contributed by atoms with Crippen LogP contribution in [0.5, 0.6) is 5.75 Å². The molecule has 5 rings (SSSR count). The molecule has 0 spiro atoms.